The molecule has 0 radical (unpaired) electrons. The molecule has 19 heavy (non-hydrogen) atoms. The van der Waals surface area contributed by atoms with Gasteiger partial charge in [-0.15, -0.1) is 0 Å². The highest BCUT2D eigenvalue weighted by Gasteiger charge is 2.29. The molecule has 0 aliphatic carbocycles. The molecule has 2 heterocycles. The van der Waals surface area contributed by atoms with Crippen molar-refractivity contribution < 1.29 is 17.6 Å². The zero-order chi connectivity index (χ0) is 13.6. The van der Waals surface area contributed by atoms with Crippen molar-refractivity contribution in [2.75, 3.05) is 24.5 Å². The van der Waals surface area contributed by atoms with Gasteiger partial charge in [0.05, 0.1) is 11.6 Å². The lowest BCUT2D eigenvalue weighted by Crippen LogP contribution is -2.50. The number of furan rings is 1. The first-order chi connectivity index (χ1) is 9.11. The van der Waals surface area contributed by atoms with Crippen molar-refractivity contribution in [2.45, 2.75) is 13.0 Å². The maximum atomic E-state index is 14.1. The first-order valence-electron chi connectivity index (χ1n) is 6.12. The molecule has 1 aromatic carbocycles. The van der Waals surface area contributed by atoms with Crippen molar-refractivity contribution in [3.63, 3.8) is 0 Å². The number of nitrogens with one attached hydrogen (secondary N) is 1. The number of piperazine rings is 1. The van der Waals surface area contributed by atoms with Crippen LogP contribution in [0, 0.1) is 17.5 Å². The highest BCUT2D eigenvalue weighted by Crippen LogP contribution is 2.36. The maximum absolute atomic E-state index is 14.1. The quantitative estimate of drug-likeness (QED) is 0.807. The van der Waals surface area contributed by atoms with Gasteiger partial charge in [0, 0.05) is 25.7 Å². The van der Waals surface area contributed by atoms with Crippen molar-refractivity contribution in [3.05, 3.63) is 29.8 Å². The summed E-state index contributed by atoms with van der Waals surface area (Å²) in [6, 6.07) is 1.28. The normalized spacial score (nSPS) is 20.2. The molecular weight excluding hydrogens is 257 g/mol. The van der Waals surface area contributed by atoms with Crippen molar-refractivity contribution in [3.8, 4) is 0 Å². The third kappa shape index (κ3) is 1.78. The number of rotatable bonds is 1. The summed E-state index contributed by atoms with van der Waals surface area (Å²) >= 11 is 0. The van der Waals surface area contributed by atoms with E-state index in [1.54, 1.807) is 4.90 Å². The van der Waals surface area contributed by atoms with E-state index >= 15 is 0 Å². The molecule has 0 saturated carbocycles. The first kappa shape index (κ1) is 12.3. The van der Waals surface area contributed by atoms with Gasteiger partial charge in [-0.3, -0.25) is 0 Å². The van der Waals surface area contributed by atoms with Crippen LogP contribution in [0.4, 0.5) is 18.9 Å². The second kappa shape index (κ2) is 4.45. The Hall–Kier alpha value is -1.69. The Balaban J connectivity index is 2.24. The molecule has 1 atom stereocenters. The van der Waals surface area contributed by atoms with Crippen LogP contribution in [0.2, 0.25) is 0 Å². The van der Waals surface area contributed by atoms with Crippen molar-refractivity contribution in [2.24, 2.45) is 0 Å². The summed E-state index contributed by atoms with van der Waals surface area (Å²) in [5, 5.41) is 3.13. The molecule has 1 aliphatic heterocycles. The van der Waals surface area contributed by atoms with Crippen molar-refractivity contribution >= 4 is 16.7 Å². The fraction of sp³-hybridized carbons (Fsp3) is 0.385. The summed E-state index contributed by atoms with van der Waals surface area (Å²) in [5.74, 6) is -3.84. The Labute approximate surface area is 108 Å². The largest absolute Gasteiger partial charge is 0.462 e. The van der Waals surface area contributed by atoms with Crippen LogP contribution in [0.1, 0.15) is 6.92 Å². The smallest absolute Gasteiger partial charge is 0.197 e. The zero-order valence-electron chi connectivity index (χ0n) is 10.3. The van der Waals surface area contributed by atoms with Gasteiger partial charge >= 0.3 is 0 Å². The molecule has 102 valence electrons. The summed E-state index contributed by atoms with van der Waals surface area (Å²) < 4.78 is 46.5. The van der Waals surface area contributed by atoms with Gasteiger partial charge in [-0.05, 0) is 13.0 Å². The van der Waals surface area contributed by atoms with E-state index < -0.39 is 17.5 Å². The van der Waals surface area contributed by atoms with Gasteiger partial charge in [-0.1, -0.05) is 0 Å². The van der Waals surface area contributed by atoms with Crippen LogP contribution in [0.5, 0.6) is 0 Å². The topological polar surface area (TPSA) is 28.4 Å². The molecule has 1 aromatic heterocycles. The average molecular weight is 270 g/mol. The fourth-order valence-electron chi connectivity index (χ4n) is 2.51. The second-order valence-electron chi connectivity index (χ2n) is 4.70. The lowest BCUT2D eigenvalue weighted by molar-refractivity contribution is 0.439. The Morgan fingerprint density at radius 1 is 1.26 bits per heavy atom. The molecule has 3 rings (SSSR count). The van der Waals surface area contributed by atoms with Crippen molar-refractivity contribution in [1.29, 1.82) is 0 Å². The minimum absolute atomic E-state index is 0.00731. The summed E-state index contributed by atoms with van der Waals surface area (Å²) in [5.41, 5.74) is 0.0676. The molecule has 2 aromatic rings. The number of halogens is 3. The van der Waals surface area contributed by atoms with E-state index in [-0.39, 0.29) is 22.7 Å². The molecule has 3 nitrogen and oxygen atoms in total. The minimum Gasteiger partial charge on any atom is -0.462 e. The van der Waals surface area contributed by atoms with Crippen LogP contribution in [0.3, 0.4) is 0 Å². The fourth-order valence-corrected chi connectivity index (χ4v) is 2.51. The van der Waals surface area contributed by atoms with E-state index in [4.69, 9.17) is 4.42 Å². The first-order valence-corrected chi connectivity index (χ1v) is 6.12. The van der Waals surface area contributed by atoms with Gasteiger partial charge in [-0.2, -0.15) is 0 Å². The predicted molar refractivity (Wildman–Crippen MR) is 65.8 cm³/mol. The predicted octanol–water partition coefficient (Wildman–Crippen LogP) is 2.65. The lowest BCUT2D eigenvalue weighted by Gasteiger charge is -2.36. The number of hydrogen-bond donors (Lipinski definition) is 1. The minimum atomic E-state index is -1.45. The molecule has 1 aliphatic rings. The van der Waals surface area contributed by atoms with E-state index in [1.807, 2.05) is 6.92 Å². The second-order valence-corrected chi connectivity index (χ2v) is 4.70. The molecule has 1 fully saturated rings. The van der Waals surface area contributed by atoms with E-state index in [1.165, 1.54) is 12.3 Å². The molecule has 6 heteroatoms. The van der Waals surface area contributed by atoms with E-state index in [0.717, 1.165) is 0 Å². The highest BCUT2D eigenvalue weighted by atomic mass is 19.2. The lowest BCUT2D eigenvalue weighted by atomic mass is 10.1. The number of anilines is 1. The van der Waals surface area contributed by atoms with Gasteiger partial charge < -0.3 is 14.6 Å². The molecule has 0 spiro atoms. The average Bonchev–Trinajstić information content (AvgIpc) is 2.87. The van der Waals surface area contributed by atoms with Gasteiger partial charge in [0.2, 0.25) is 0 Å². The van der Waals surface area contributed by atoms with Crippen LogP contribution in [0.25, 0.3) is 11.0 Å². The number of hydrogen-bond acceptors (Lipinski definition) is 3. The summed E-state index contributed by atoms with van der Waals surface area (Å²) in [6.07, 6.45) is 1.24. The Morgan fingerprint density at radius 2 is 2.05 bits per heavy atom. The SMILES string of the molecule is CC1CNCCN1c1c(F)c(F)c(F)c2ccoc12. The molecule has 0 amide bonds. The molecule has 1 N–H and O–H groups in total. The van der Waals surface area contributed by atoms with Crippen LogP contribution in [-0.2, 0) is 0 Å². The maximum Gasteiger partial charge on any atom is 0.197 e. The van der Waals surface area contributed by atoms with E-state index in [2.05, 4.69) is 5.32 Å². The van der Waals surface area contributed by atoms with Gasteiger partial charge in [-0.25, -0.2) is 13.2 Å². The molecular formula is C13H13F3N2O. The van der Waals surface area contributed by atoms with Crippen LogP contribution < -0.4 is 10.2 Å². The Morgan fingerprint density at radius 3 is 2.79 bits per heavy atom. The van der Waals surface area contributed by atoms with Gasteiger partial charge in [0.25, 0.3) is 0 Å². The van der Waals surface area contributed by atoms with Crippen LogP contribution >= 0.6 is 0 Å². The molecule has 1 unspecified atom stereocenters. The zero-order valence-corrected chi connectivity index (χ0v) is 10.3. The standard InChI is InChI=1S/C13H13F3N2O/c1-7-6-17-3-4-18(7)12-11(16)10(15)9(14)8-2-5-19-13(8)12/h2,5,7,17H,3-4,6H2,1H3. The van der Waals surface area contributed by atoms with Gasteiger partial charge in [0.1, 0.15) is 5.69 Å². The Bertz CT molecular complexity index is 626. The number of fused-ring (bicyclic) bond motifs is 1. The summed E-state index contributed by atoms with van der Waals surface area (Å²) in [7, 11) is 0. The van der Waals surface area contributed by atoms with Crippen LogP contribution in [0.15, 0.2) is 16.7 Å². The summed E-state index contributed by atoms with van der Waals surface area (Å²) in [6.45, 7) is 3.71. The number of nitrogens with zero attached hydrogens (tertiary/aromatic N) is 1. The molecule has 0 bridgehead atoms. The van der Waals surface area contributed by atoms with Gasteiger partial charge in [0.15, 0.2) is 23.0 Å². The monoisotopic (exact) mass is 270 g/mol. The third-order valence-electron chi connectivity index (χ3n) is 3.50. The van der Waals surface area contributed by atoms with Crippen molar-refractivity contribution in [1.82, 2.24) is 5.32 Å². The highest BCUT2D eigenvalue weighted by molar-refractivity contribution is 5.90. The number of benzene rings is 1. The molecule has 1 saturated heterocycles. The summed E-state index contributed by atoms with van der Waals surface area (Å²) in [4.78, 5) is 1.71. The van der Waals surface area contributed by atoms with Crippen LogP contribution in [-0.4, -0.2) is 25.7 Å². The third-order valence-corrected chi connectivity index (χ3v) is 3.50. The van der Waals surface area contributed by atoms with E-state index in [0.29, 0.717) is 19.6 Å². The van der Waals surface area contributed by atoms with E-state index in [9.17, 15) is 13.2 Å². The Kier molecular flexibility index (Phi) is 2.89.